The second kappa shape index (κ2) is 7.87. The van der Waals surface area contributed by atoms with Gasteiger partial charge in [0, 0.05) is 19.2 Å². The van der Waals surface area contributed by atoms with Crippen molar-refractivity contribution in [2.45, 2.75) is 19.6 Å². The molecule has 0 saturated heterocycles. The van der Waals surface area contributed by atoms with Gasteiger partial charge in [-0.05, 0) is 13.0 Å². The van der Waals surface area contributed by atoms with E-state index in [-0.39, 0.29) is 13.1 Å². The molecule has 1 aromatic rings. The van der Waals surface area contributed by atoms with Gasteiger partial charge in [-0.2, -0.15) is 13.2 Å². The molecular weight excluding hydrogens is 285 g/mol. The largest absolute Gasteiger partial charge is 0.494 e. The number of carbonyl (C=O) groups is 1. The lowest BCUT2D eigenvalue weighted by atomic mass is 10.2. The van der Waals surface area contributed by atoms with E-state index >= 15 is 0 Å². The van der Waals surface area contributed by atoms with E-state index in [9.17, 15) is 18.0 Å². The van der Waals surface area contributed by atoms with E-state index in [0.717, 1.165) is 5.56 Å². The van der Waals surface area contributed by atoms with Crippen molar-refractivity contribution in [3.8, 4) is 5.75 Å². The minimum absolute atomic E-state index is 0.280. The molecule has 1 rings (SSSR count). The van der Waals surface area contributed by atoms with Gasteiger partial charge in [0.1, 0.15) is 5.75 Å². The molecule has 1 amide bonds. The Balaban J connectivity index is 2.52. The molecule has 0 unspecified atom stereocenters. The van der Waals surface area contributed by atoms with Gasteiger partial charge < -0.3 is 15.0 Å². The minimum Gasteiger partial charge on any atom is -0.494 e. The fourth-order valence-electron chi connectivity index (χ4n) is 1.72. The van der Waals surface area contributed by atoms with Gasteiger partial charge in [-0.1, -0.05) is 18.2 Å². The minimum atomic E-state index is -4.32. The zero-order valence-electron chi connectivity index (χ0n) is 12.0. The van der Waals surface area contributed by atoms with Crippen LogP contribution in [0.15, 0.2) is 24.3 Å². The van der Waals surface area contributed by atoms with Gasteiger partial charge in [-0.15, -0.1) is 0 Å². The van der Waals surface area contributed by atoms with E-state index in [0.29, 0.717) is 12.4 Å². The first-order valence-electron chi connectivity index (χ1n) is 6.55. The van der Waals surface area contributed by atoms with Crippen LogP contribution in [0, 0.1) is 0 Å². The summed E-state index contributed by atoms with van der Waals surface area (Å²) in [5, 5.41) is 2.08. The Morgan fingerprint density at radius 3 is 2.62 bits per heavy atom. The molecule has 1 N–H and O–H groups in total. The van der Waals surface area contributed by atoms with Crippen LogP contribution in [0.25, 0.3) is 0 Å². The molecule has 0 aliphatic carbocycles. The van der Waals surface area contributed by atoms with Crippen molar-refractivity contribution in [2.75, 3.05) is 26.7 Å². The number of likely N-dealkylation sites (N-methyl/N-ethyl adjacent to an activating group) is 1. The number of amides is 1. The third-order valence-corrected chi connectivity index (χ3v) is 2.71. The number of nitrogens with zero attached hydrogens (tertiary/aromatic N) is 1. The Labute approximate surface area is 121 Å². The number of alkyl halides is 3. The van der Waals surface area contributed by atoms with Gasteiger partial charge in [0.15, 0.2) is 0 Å². The predicted octanol–water partition coefficient (Wildman–Crippen LogP) is 2.20. The molecule has 0 radical (unpaired) electrons. The van der Waals surface area contributed by atoms with Crippen LogP contribution < -0.4 is 10.1 Å². The van der Waals surface area contributed by atoms with Crippen molar-refractivity contribution in [2.24, 2.45) is 0 Å². The average Bonchev–Trinajstić information content (AvgIpc) is 2.39. The van der Waals surface area contributed by atoms with Crippen molar-refractivity contribution in [3.63, 3.8) is 0 Å². The molecule has 7 heteroatoms. The van der Waals surface area contributed by atoms with E-state index in [2.05, 4.69) is 5.32 Å². The molecule has 0 saturated carbocycles. The summed E-state index contributed by atoms with van der Waals surface area (Å²) in [6, 6.07) is 7.25. The van der Waals surface area contributed by atoms with Gasteiger partial charge in [0.25, 0.3) is 0 Å². The Morgan fingerprint density at radius 2 is 2.00 bits per heavy atom. The number of hydrogen-bond acceptors (Lipinski definition) is 3. The smallest absolute Gasteiger partial charge is 0.401 e. The quantitative estimate of drug-likeness (QED) is 0.839. The first kappa shape index (κ1) is 17.3. The number of nitrogens with one attached hydrogen (secondary N) is 1. The summed E-state index contributed by atoms with van der Waals surface area (Å²) in [6.45, 7) is 1.10. The molecule has 0 fully saturated rings. The van der Waals surface area contributed by atoms with Gasteiger partial charge in [0.05, 0.1) is 19.7 Å². The zero-order chi connectivity index (χ0) is 15.9. The van der Waals surface area contributed by atoms with Crippen LogP contribution in [-0.2, 0) is 11.3 Å². The van der Waals surface area contributed by atoms with E-state index in [1.54, 1.807) is 13.1 Å². The summed E-state index contributed by atoms with van der Waals surface area (Å²) >= 11 is 0. The second-order valence-corrected chi connectivity index (χ2v) is 4.51. The fourth-order valence-corrected chi connectivity index (χ4v) is 1.72. The van der Waals surface area contributed by atoms with Crippen LogP contribution >= 0.6 is 0 Å². The Morgan fingerprint density at radius 1 is 1.33 bits per heavy atom. The highest BCUT2D eigenvalue weighted by Gasteiger charge is 2.26. The lowest BCUT2D eigenvalue weighted by Crippen LogP contribution is -2.39. The lowest BCUT2D eigenvalue weighted by molar-refractivity contribution is -0.133. The fraction of sp³-hybridized carbons (Fsp3) is 0.500. The maximum Gasteiger partial charge on any atom is 0.401 e. The van der Waals surface area contributed by atoms with Crippen LogP contribution in [0.4, 0.5) is 13.2 Å². The Hall–Kier alpha value is -1.76. The number of ether oxygens (including phenoxy) is 1. The number of hydrogen-bond donors (Lipinski definition) is 1. The van der Waals surface area contributed by atoms with Crippen molar-refractivity contribution >= 4 is 5.91 Å². The highest BCUT2D eigenvalue weighted by molar-refractivity contribution is 5.78. The number of rotatable bonds is 7. The van der Waals surface area contributed by atoms with E-state index in [1.807, 2.05) is 25.1 Å². The molecule has 0 aromatic heterocycles. The normalized spacial score (nSPS) is 11.3. The van der Waals surface area contributed by atoms with Crippen molar-refractivity contribution in [1.82, 2.24) is 10.2 Å². The molecule has 1 aromatic carbocycles. The summed E-state index contributed by atoms with van der Waals surface area (Å²) in [5.41, 5.74) is 0.811. The molecule has 0 spiro atoms. The van der Waals surface area contributed by atoms with Gasteiger partial charge in [0.2, 0.25) is 5.91 Å². The van der Waals surface area contributed by atoms with Crippen molar-refractivity contribution in [1.29, 1.82) is 0 Å². The zero-order valence-corrected chi connectivity index (χ0v) is 12.0. The van der Waals surface area contributed by atoms with Crippen LogP contribution in [0.5, 0.6) is 5.75 Å². The summed E-state index contributed by atoms with van der Waals surface area (Å²) < 4.78 is 41.4. The Kier molecular flexibility index (Phi) is 6.48. The predicted molar refractivity (Wildman–Crippen MR) is 73.0 cm³/mol. The number of benzene rings is 1. The standard InChI is InChI=1S/C14H19F3N2O2/c1-3-21-12-7-5-4-6-11(12)9-19(2)13(20)8-18-10-14(15,16)17/h4-7,18H,3,8-10H2,1-2H3. The van der Waals surface area contributed by atoms with Crippen LogP contribution in [0.3, 0.4) is 0 Å². The third kappa shape index (κ3) is 6.48. The van der Waals surface area contributed by atoms with Crippen molar-refractivity contribution < 1.29 is 22.7 Å². The number of carbonyl (C=O) groups excluding carboxylic acids is 1. The molecule has 118 valence electrons. The van der Waals surface area contributed by atoms with E-state index < -0.39 is 18.6 Å². The van der Waals surface area contributed by atoms with Crippen LogP contribution in [0.2, 0.25) is 0 Å². The van der Waals surface area contributed by atoms with Crippen LogP contribution in [-0.4, -0.2) is 43.7 Å². The molecule has 0 bridgehead atoms. The number of para-hydroxylation sites is 1. The van der Waals surface area contributed by atoms with Gasteiger partial charge >= 0.3 is 6.18 Å². The highest BCUT2D eigenvalue weighted by Crippen LogP contribution is 2.19. The molecule has 0 aliphatic heterocycles. The summed E-state index contributed by atoms with van der Waals surface area (Å²) in [5.74, 6) is 0.258. The topological polar surface area (TPSA) is 41.6 Å². The summed E-state index contributed by atoms with van der Waals surface area (Å²) in [4.78, 5) is 13.1. The SMILES string of the molecule is CCOc1ccccc1CN(C)C(=O)CNCC(F)(F)F. The van der Waals surface area contributed by atoms with Gasteiger partial charge in [-0.25, -0.2) is 0 Å². The Bertz CT molecular complexity index is 464. The van der Waals surface area contributed by atoms with Crippen molar-refractivity contribution in [3.05, 3.63) is 29.8 Å². The molecular formula is C14H19F3N2O2. The molecule has 4 nitrogen and oxygen atoms in total. The highest BCUT2D eigenvalue weighted by atomic mass is 19.4. The van der Waals surface area contributed by atoms with E-state index in [1.165, 1.54) is 4.90 Å². The molecule has 21 heavy (non-hydrogen) atoms. The second-order valence-electron chi connectivity index (χ2n) is 4.51. The molecule has 0 heterocycles. The maximum atomic E-state index is 12.0. The third-order valence-electron chi connectivity index (χ3n) is 2.71. The summed E-state index contributed by atoms with van der Waals surface area (Å²) in [7, 11) is 1.54. The van der Waals surface area contributed by atoms with Crippen LogP contribution in [0.1, 0.15) is 12.5 Å². The summed E-state index contributed by atoms with van der Waals surface area (Å²) in [6.07, 6.45) is -4.32. The molecule has 0 atom stereocenters. The van der Waals surface area contributed by atoms with E-state index in [4.69, 9.17) is 4.74 Å². The number of halogens is 3. The molecule has 0 aliphatic rings. The average molecular weight is 304 g/mol. The first-order chi connectivity index (χ1) is 9.83. The lowest BCUT2D eigenvalue weighted by Gasteiger charge is -2.19. The first-order valence-corrected chi connectivity index (χ1v) is 6.55. The van der Waals surface area contributed by atoms with Gasteiger partial charge in [-0.3, -0.25) is 4.79 Å². The maximum absolute atomic E-state index is 12.0. The monoisotopic (exact) mass is 304 g/mol.